The Hall–Kier alpha value is -0.610. The summed E-state index contributed by atoms with van der Waals surface area (Å²) in [5, 5.41) is 10.1. The van der Waals surface area contributed by atoms with E-state index in [2.05, 4.69) is 0 Å². The van der Waals surface area contributed by atoms with Crippen molar-refractivity contribution in [3.8, 4) is 0 Å². The molecule has 0 aromatic rings. The van der Waals surface area contributed by atoms with Crippen molar-refractivity contribution in [3.05, 3.63) is 0 Å². The van der Waals surface area contributed by atoms with E-state index >= 15 is 0 Å². The molecule has 0 bridgehead atoms. The number of carbonyl (C=O) groups excluding carboxylic acids is 1. The zero-order valence-electron chi connectivity index (χ0n) is 10.1. The van der Waals surface area contributed by atoms with Crippen molar-refractivity contribution in [2.75, 3.05) is 19.7 Å². The van der Waals surface area contributed by atoms with Crippen molar-refractivity contribution in [1.29, 1.82) is 0 Å². The lowest BCUT2D eigenvalue weighted by Crippen LogP contribution is -2.67. The Balaban J connectivity index is 1.84. The average Bonchev–Trinajstić information content (AvgIpc) is 2.25. The maximum Gasteiger partial charge on any atom is 0.251 e. The van der Waals surface area contributed by atoms with Gasteiger partial charge in [0.25, 0.3) is 5.91 Å². The zero-order valence-corrected chi connectivity index (χ0v) is 10.1. The van der Waals surface area contributed by atoms with Crippen LogP contribution in [0.1, 0.15) is 33.1 Å². The van der Waals surface area contributed by atoms with E-state index in [-0.39, 0.29) is 17.9 Å². The van der Waals surface area contributed by atoms with Gasteiger partial charge in [-0.05, 0) is 25.2 Å². The topological polar surface area (TPSA) is 49.8 Å². The second kappa shape index (κ2) is 4.34. The van der Waals surface area contributed by atoms with Crippen molar-refractivity contribution >= 4 is 5.91 Å². The number of rotatable bonds is 2. The molecular weight excluding hydrogens is 206 g/mol. The Kier molecular flexibility index (Phi) is 3.22. The van der Waals surface area contributed by atoms with Crippen LogP contribution in [0.5, 0.6) is 0 Å². The van der Waals surface area contributed by atoms with Gasteiger partial charge >= 0.3 is 0 Å². The summed E-state index contributed by atoms with van der Waals surface area (Å²) in [4.78, 5) is 13.7. The number of carbonyl (C=O) groups is 1. The molecule has 2 fully saturated rings. The van der Waals surface area contributed by atoms with Crippen molar-refractivity contribution in [3.63, 3.8) is 0 Å². The van der Waals surface area contributed by atoms with Crippen molar-refractivity contribution in [1.82, 2.24) is 4.90 Å². The van der Waals surface area contributed by atoms with E-state index in [1.807, 2.05) is 13.8 Å². The molecule has 1 atom stereocenters. The summed E-state index contributed by atoms with van der Waals surface area (Å²) in [6, 6.07) is 0. The van der Waals surface area contributed by atoms with Crippen LogP contribution < -0.4 is 0 Å². The number of ether oxygens (including phenoxy) is 1. The first-order valence-corrected chi connectivity index (χ1v) is 6.16. The summed E-state index contributed by atoms with van der Waals surface area (Å²) < 4.78 is 5.45. The highest BCUT2D eigenvalue weighted by Gasteiger charge is 2.47. The maximum absolute atomic E-state index is 12.0. The molecule has 4 nitrogen and oxygen atoms in total. The largest absolute Gasteiger partial charge is 0.386 e. The number of nitrogens with zero attached hydrogens (tertiary/aromatic N) is 1. The molecule has 16 heavy (non-hydrogen) atoms. The molecule has 92 valence electrons. The number of likely N-dealkylation sites (tertiary alicyclic amines) is 1. The Morgan fingerprint density at radius 1 is 1.44 bits per heavy atom. The van der Waals surface area contributed by atoms with Gasteiger partial charge in [0.05, 0.1) is 13.1 Å². The van der Waals surface area contributed by atoms with Gasteiger partial charge in [-0.25, -0.2) is 0 Å². The Bertz CT molecular complexity index is 265. The molecule has 0 radical (unpaired) electrons. The summed E-state index contributed by atoms with van der Waals surface area (Å²) in [6.45, 7) is 5.59. The molecule has 0 spiro atoms. The predicted molar refractivity (Wildman–Crippen MR) is 60.0 cm³/mol. The Labute approximate surface area is 96.6 Å². The summed E-state index contributed by atoms with van der Waals surface area (Å²) in [5.41, 5.74) is -0.676. The minimum Gasteiger partial charge on any atom is -0.386 e. The molecule has 1 amide bonds. The highest BCUT2D eigenvalue weighted by atomic mass is 16.5. The van der Waals surface area contributed by atoms with Crippen LogP contribution in [-0.2, 0) is 9.53 Å². The fourth-order valence-electron chi connectivity index (χ4n) is 2.27. The van der Waals surface area contributed by atoms with Gasteiger partial charge in [0.15, 0.2) is 0 Å². The smallest absolute Gasteiger partial charge is 0.251 e. The zero-order chi connectivity index (χ0) is 11.8. The van der Waals surface area contributed by atoms with Crippen LogP contribution in [0.25, 0.3) is 0 Å². The maximum atomic E-state index is 12.0. The molecule has 0 aliphatic carbocycles. The number of aliphatic hydroxyl groups is 1. The van der Waals surface area contributed by atoms with E-state index in [1.165, 1.54) is 0 Å². The average molecular weight is 227 g/mol. The first kappa shape index (κ1) is 11.9. The lowest BCUT2D eigenvalue weighted by molar-refractivity contribution is -0.176. The summed E-state index contributed by atoms with van der Waals surface area (Å²) in [5.74, 6) is 0.258. The van der Waals surface area contributed by atoms with Gasteiger partial charge in [0.2, 0.25) is 0 Å². The van der Waals surface area contributed by atoms with Crippen LogP contribution in [0.2, 0.25) is 0 Å². The van der Waals surface area contributed by atoms with E-state index in [0.29, 0.717) is 19.7 Å². The van der Waals surface area contributed by atoms with Crippen molar-refractivity contribution in [2.45, 2.75) is 44.8 Å². The van der Waals surface area contributed by atoms with Gasteiger partial charge in [-0.3, -0.25) is 4.79 Å². The van der Waals surface area contributed by atoms with E-state index < -0.39 is 5.60 Å². The fraction of sp³-hybridized carbons (Fsp3) is 0.917. The second-order valence-corrected chi connectivity index (χ2v) is 5.31. The Morgan fingerprint density at radius 2 is 2.12 bits per heavy atom. The lowest BCUT2D eigenvalue weighted by Gasteiger charge is -2.50. The molecule has 1 unspecified atom stereocenters. The van der Waals surface area contributed by atoms with Gasteiger partial charge in [0, 0.05) is 6.61 Å². The molecule has 2 saturated heterocycles. The molecule has 0 aromatic heterocycles. The van der Waals surface area contributed by atoms with Crippen LogP contribution >= 0.6 is 0 Å². The number of β-amino-alcohol motifs (C(OH)–C–C–N with tert-alkyl or cyclic N) is 1. The van der Waals surface area contributed by atoms with E-state index in [9.17, 15) is 9.90 Å². The van der Waals surface area contributed by atoms with E-state index in [0.717, 1.165) is 19.3 Å². The normalized spacial score (nSPS) is 29.0. The summed E-state index contributed by atoms with van der Waals surface area (Å²) >= 11 is 0. The fourth-order valence-corrected chi connectivity index (χ4v) is 2.27. The number of amides is 1. The number of hydrogen-bond acceptors (Lipinski definition) is 3. The molecule has 4 heteroatoms. The highest BCUT2D eigenvalue weighted by Crippen LogP contribution is 2.30. The number of hydrogen-bond donors (Lipinski definition) is 1. The van der Waals surface area contributed by atoms with Crippen molar-refractivity contribution in [2.24, 2.45) is 5.92 Å². The third-order valence-electron chi connectivity index (χ3n) is 3.77. The molecule has 0 saturated carbocycles. The van der Waals surface area contributed by atoms with E-state index in [4.69, 9.17) is 4.74 Å². The van der Waals surface area contributed by atoms with Gasteiger partial charge < -0.3 is 14.7 Å². The quantitative estimate of drug-likeness (QED) is 0.758. The third-order valence-corrected chi connectivity index (χ3v) is 3.77. The molecule has 2 rings (SSSR count). The van der Waals surface area contributed by atoms with Gasteiger partial charge in [-0.1, -0.05) is 13.8 Å². The highest BCUT2D eigenvalue weighted by molar-refractivity contribution is 5.82. The monoisotopic (exact) mass is 227 g/mol. The van der Waals surface area contributed by atoms with Crippen LogP contribution in [0.3, 0.4) is 0 Å². The molecule has 2 aliphatic rings. The standard InChI is InChI=1S/C12H21NO3/c1-9(2)12(15)7-13(8-12)11(14)10-5-3-4-6-16-10/h9-10,15H,3-8H2,1-2H3. The minimum absolute atomic E-state index is 0.0602. The molecule has 2 heterocycles. The molecule has 2 aliphatic heterocycles. The Morgan fingerprint density at radius 3 is 2.62 bits per heavy atom. The van der Waals surface area contributed by atoms with Crippen molar-refractivity contribution < 1.29 is 14.6 Å². The summed E-state index contributed by atoms with van der Waals surface area (Å²) in [7, 11) is 0. The first-order valence-electron chi connectivity index (χ1n) is 6.16. The minimum atomic E-state index is -0.676. The molecular formula is C12H21NO3. The van der Waals surface area contributed by atoms with Crippen LogP contribution in [0, 0.1) is 5.92 Å². The molecule has 0 aromatic carbocycles. The van der Waals surface area contributed by atoms with Gasteiger partial charge in [-0.15, -0.1) is 0 Å². The first-order chi connectivity index (χ1) is 7.53. The SMILES string of the molecule is CC(C)C1(O)CN(C(=O)C2CCCCO2)C1. The summed E-state index contributed by atoms with van der Waals surface area (Å²) in [6.07, 6.45) is 2.69. The van der Waals surface area contributed by atoms with Crippen LogP contribution in [-0.4, -0.2) is 47.3 Å². The van der Waals surface area contributed by atoms with E-state index in [1.54, 1.807) is 4.90 Å². The van der Waals surface area contributed by atoms with Crippen LogP contribution in [0.4, 0.5) is 0 Å². The third kappa shape index (κ3) is 2.09. The molecule has 1 N–H and O–H groups in total. The predicted octanol–water partition coefficient (Wildman–Crippen LogP) is 0.785. The lowest BCUT2D eigenvalue weighted by atomic mass is 9.82. The van der Waals surface area contributed by atoms with Gasteiger partial charge in [0.1, 0.15) is 11.7 Å². The second-order valence-electron chi connectivity index (χ2n) is 5.31. The van der Waals surface area contributed by atoms with Crippen LogP contribution in [0.15, 0.2) is 0 Å². The van der Waals surface area contributed by atoms with Gasteiger partial charge in [-0.2, -0.15) is 0 Å².